The van der Waals surface area contributed by atoms with Crippen molar-refractivity contribution in [1.82, 2.24) is 0 Å². The van der Waals surface area contributed by atoms with E-state index in [1.165, 1.54) is 12.8 Å². The normalized spacial score (nSPS) is 9.16. The lowest BCUT2D eigenvalue weighted by Crippen LogP contribution is -2.06. The molecule has 0 aliphatic carbocycles. The van der Waals surface area contributed by atoms with Gasteiger partial charge in [-0.3, -0.25) is 0 Å². The summed E-state index contributed by atoms with van der Waals surface area (Å²) in [5.74, 6) is 0. The minimum atomic E-state index is 0.719. The van der Waals surface area contributed by atoms with Crippen molar-refractivity contribution >= 4 is 0 Å². The molecule has 0 saturated carbocycles. The van der Waals surface area contributed by atoms with Crippen LogP contribution in [0.3, 0.4) is 0 Å². The van der Waals surface area contributed by atoms with Crippen LogP contribution < -0.4 is 34.4 Å². The van der Waals surface area contributed by atoms with Crippen molar-refractivity contribution in [3.8, 4) is 0 Å². The molecular formula is C13H38N6. The zero-order valence-electron chi connectivity index (χ0n) is 12.7. The third-order valence-corrected chi connectivity index (χ3v) is 2.22. The average Bonchev–Trinajstić information content (AvgIpc) is 2.44. The Bertz CT molecular complexity index is 101. The van der Waals surface area contributed by atoms with Crippen molar-refractivity contribution < 1.29 is 0 Å². The van der Waals surface area contributed by atoms with Crippen LogP contribution >= 0.6 is 0 Å². The predicted molar refractivity (Wildman–Crippen MR) is 86.6 cm³/mol. The molecule has 0 aromatic carbocycles. The molecule has 0 aromatic heterocycles. The van der Waals surface area contributed by atoms with E-state index in [1.54, 1.807) is 0 Å². The first-order valence-electron chi connectivity index (χ1n) is 7.45. The Hall–Kier alpha value is -0.240. The Balaban J connectivity index is -0.000000209. The van der Waals surface area contributed by atoms with Crippen molar-refractivity contribution in [2.24, 2.45) is 34.4 Å². The Labute approximate surface area is 119 Å². The zero-order chi connectivity index (χ0) is 15.2. The van der Waals surface area contributed by atoms with Gasteiger partial charge in [0.2, 0.25) is 0 Å². The van der Waals surface area contributed by atoms with Gasteiger partial charge in [-0.05, 0) is 71.4 Å². The standard InChI is InChI=1S/C6H16N2.C4H12N2.C3H10N2/c7-5-3-1-2-4-6-8;5-3-1-2-4-6;4-2-1-3-5/h1-8H2;1-6H2;1-5H2. The molecule has 0 saturated heterocycles. The highest BCUT2D eigenvalue weighted by atomic mass is 14.6. The van der Waals surface area contributed by atoms with Crippen molar-refractivity contribution in [2.75, 3.05) is 39.3 Å². The van der Waals surface area contributed by atoms with Gasteiger partial charge in [0, 0.05) is 0 Å². The fraction of sp³-hybridized carbons (Fsp3) is 1.00. The summed E-state index contributed by atoms with van der Waals surface area (Å²) >= 11 is 0. The fourth-order valence-electron chi connectivity index (χ4n) is 1.05. The third kappa shape index (κ3) is 46.3. The lowest BCUT2D eigenvalue weighted by Gasteiger charge is -1.94. The maximum Gasteiger partial charge on any atom is -0.00653 e. The molecule has 0 unspecified atom stereocenters. The first-order chi connectivity index (χ1) is 9.24. The second kappa shape index (κ2) is 30.6. The van der Waals surface area contributed by atoms with Crippen molar-refractivity contribution in [1.29, 1.82) is 0 Å². The maximum absolute atomic E-state index is 5.28. The fourth-order valence-corrected chi connectivity index (χ4v) is 1.05. The summed E-state index contributed by atoms with van der Waals surface area (Å²) in [6, 6.07) is 0. The van der Waals surface area contributed by atoms with Crippen LogP contribution in [0.25, 0.3) is 0 Å². The highest BCUT2D eigenvalue weighted by Gasteiger charge is 1.83. The summed E-state index contributed by atoms with van der Waals surface area (Å²) in [7, 11) is 0. The van der Waals surface area contributed by atoms with Gasteiger partial charge in [-0.2, -0.15) is 0 Å². The van der Waals surface area contributed by atoms with Crippen LogP contribution in [0, 0.1) is 0 Å². The van der Waals surface area contributed by atoms with E-state index in [-0.39, 0.29) is 0 Å². The third-order valence-electron chi connectivity index (χ3n) is 2.22. The molecule has 0 spiro atoms. The molecule has 120 valence electrons. The predicted octanol–water partition coefficient (Wildman–Crippen LogP) is -0.558. The average molecular weight is 278 g/mol. The van der Waals surface area contributed by atoms with E-state index in [9.17, 15) is 0 Å². The molecule has 0 rings (SSSR count). The molecule has 0 fully saturated rings. The quantitative estimate of drug-likeness (QED) is 0.294. The summed E-state index contributed by atoms with van der Waals surface area (Å²) in [6.07, 6.45) is 7.87. The highest BCUT2D eigenvalue weighted by Crippen LogP contribution is 1.95. The Kier molecular flexibility index (Phi) is 38.4. The first kappa shape index (κ1) is 23.8. The van der Waals surface area contributed by atoms with E-state index in [2.05, 4.69) is 0 Å². The van der Waals surface area contributed by atoms with Gasteiger partial charge in [-0.1, -0.05) is 12.8 Å². The molecule has 0 aliphatic rings. The zero-order valence-corrected chi connectivity index (χ0v) is 12.7. The van der Waals surface area contributed by atoms with E-state index >= 15 is 0 Å². The van der Waals surface area contributed by atoms with Crippen LogP contribution in [0.2, 0.25) is 0 Å². The summed E-state index contributed by atoms with van der Waals surface area (Å²) in [5, 5.41) is 0. The van der Waals surface area contributed by atoms with E-state index < -0.39 is 0 Å². The molecular weight excluding hydrogens is 240 g/mol. The van der Waals surface area contributed by atoms with Gasteiger partial charge in [0.25, 0.3) is 0 Å². The number of hydrogen-bond acceptors (Lipinski definition) is 6. The monoisotopic (exact) mass is 278 g/mol. The molecule has 0 aliphatic heterocycles. The minimum Gasteiger partial charge on any atom is -0.330 e. The van der Waals surface area contributed by atoms with Gasteiger partial charge in [-0.15, -0.1) is 0 Å². The minimum absolute atomic E-state index is 0.719. The summed E-state index contributed by atoms with van der Waals surface area (Å²) in [4.78, 5) is 0. The second-order valence-electron chi connectivity index (χ2n) is 4.21. The van der Waals surface area contributed by atoms with E-state index in [0.29, 0.717) is 0 Å². The lowest BCUT2D eigenvalue weighted by molar-refractivity contribution is 0.653. The molecule has 0 radical (unpaired) electrons. The van der Waals surface area contributed by atoms with Crippen LogP contribution in [-0.2, 0) is 0 Å². The van der Waals surface area contributed by atoms with Gasteiger partial charge >= 0.3 is 0 Å². The molecule has 6 nitrogen and oxygen atoms in total. The molecule has 12 N–H and O–H groups in total. The van der Waals surface area contributed by atoms with Gasteiger partial charge < -0.3 is 34.4 Å². The van der Waals surface area contributed by atoms with Gasteiger partial charge in [0.05, 0.1) is 0 Å². The van der Waals surface area contributed by atoms with Gasteiger partial charge in [0.15, 0.2) is 0 Å². The number of rotatable bonds is 10. The van der Waals surface area contributed by atoms with Crippen LogP contribution in [0.4, 0.5) is 0 Å². The number of hydrogen-bond donors (Lipinski definition) is 6. The molecule has 0 aromatic rings. The second-order valence-corrected chi connectivity index (χ2v) is 4.21. The van der Waals surface area contributed by atoms with Crippen LogP contribution in [0.1, 0.15) is 44.9 Å². The summed E-state index contributed by atoms with van der Waals surface area (Å²) in [6.45, 7) is 4.64. The van der Waals surface area contributed by atoms with Crippen molar-refractivity contribution in [2.45, 2.75) is 44.9 Å². The van der Waals surface area contributed by atoms with Gasteiger partial charge in [-0.25, -0.2) is 0 Å². The van der Waals surface area contributed by atoms with Crippen molar-refractivity contribution in [3.63, 3.8) is 0 Å². The molecule has 0 heterocycles. The molecule has 0 amide bonds. The van der Waals surface area contributed by atoms with E-state index in [0.717, 1.165) is 71.4 Å². The highest BCUT2D eigenvalue weighted by molar-refractivity contribution is 4.43. The van der Waals surface area contributed by atoms with Crippen LogP contribution in [0.15, 0.2) is 0 Å². The lowest BCUT2D eigenvalue weighted by atomic mass is 10.2. The Morgan fingerprint density at radius 2 is 0.474 bits per heavy atom. The molecule has 19 heavy (non-hydrogen) atoms. The topological polar surface area (TPSA) is 156 Å². The van der Waals surface area contributed by atoms with Crippen molar-refractivity contribution in [3.05, 3.63) is 0 Å². The number of unbranched alkanes of at least 4 members (excludes halogenated alkanes) is 4. The van der Waals surface area contributed by atoms with Crippen LogP contribution in [-0.4, -0.2) is 39.3 Å². The molecule has 6 heteroatoms. The smallest absolute Gasteiger partial charge is 0.00653 e. The van der Waals surface area contributed by atoms with Crippen LogP contribution in [0.5, 0.6) is 0 Å². The first-order valence-corrected chi connectivity index (χ1v) is 7.45. The van der Waals surface area contributed by atoms with Gasteiger partial charge in [0.1, 0.15) is 0 Å². The van der Waals surface area contributed by atoms with E-state index in [4.69, 9.17) is 34.4 Å². The van der Waals surface area contributed by atoms with E-state index in [1.807, 2.05) is 0 Å². The maximum atomic E-state index is 5.28. The SMILES string of the molecule is NCCCCCCN.NCCCCN.NCCCN. The largest absolute Gasteiger partial charge is 0.330 e. The summed E-state index contributed by atoms with van der Waals surface area (Å²) in [5.41, 5.74) is 31.0. The molecule has 0 bridgehead atoms. The Morgan fingerprint density at radius 3 is 0.632 bits per heavy atom. The number of nitrogens with two attached hydrogens (primary N) is 6. The molecule has 0 atom stereocenters. The Morgan fingerprint density at radius 1 is 0.263 bits per heavy atom. The summed E-state index contributed by atoms with van der Waals surface area (Å²) < 4.78 is 0.